The van der Waals surface area contributed by atoms with Gasteiger partial charge in [0.15, 0.2) is 5.06 Å². The van der Waals surface area contributed by atoms with Crippen molar-refractivity contribution < 1.29 is 4.74 Å². The first-order chi connectivity index (χ1) is 4.27. The maximum Gasteiger partial charge on any atom is 0.153 e. The molecule has 0 aliphatic carbocycles. The van der Waals surface area contributed by atoms with Gasteiger partial charge in [-0.15, -0.1) is 12.4 Å². The molecule has 4 heteroatoms. The number of morpholine rings is 1. The normalized spacial score (nSPS) is 33.0. The van der Waals surface area contributed by atoms with Gasteiger partial charge in [-0.1, -0.05) is 18.5 Å². The molecule has 1 saturated heterocycles. The van der Waals surface area contributed by atoms with Gasteiger partial charge in [0, 0.05) is 13.1 Å². The van der Waals surface area contributed by atoms with Crippen molar-refractivity contribution in [1.29, 1.82) is 0 Å². The standard InChI is InChI=1S/C6H12ClNO.ClH/c1-2-6(7)5-8-3-4-9-6;/h8H,2-5H2,1H3;1H. The van der Waals surface area contributed by atoms with Crippen molar-refractivity contribution in [3.8, 4) is 0 Å². The third-order valence-electron chi connectivity index (χ3n) is 1.56. The number of halogens is 2. The Bertz CT molecular complexity index is 93.7. The van der Waals surface area contributed by atoms with Crippen LogP contribution < -0.4 is 5.32 Å². The summed E-state index contributed by atoms with van der Waals surface area (Å²) in [6.45, 7) is 4.46. The van der Waals surface area contributed by atoms with Gasteiger partial charge < -0.3 is 10.1 Å². The Hall–Kier alpha value is 0.500. The van der Waals surface area contributed by atoms with Gasteiger partial charge in [-0.25, -0.2) is 0 Å². The molecule has 62 valence electrons. The van der Waals surface area contributed by atoms with Crippen molar-refractivity contribution in [2.75, 3.05) is 19.7 Å². The molecule has 0 spiro atoms. The molecule has 1 N–H and O–H groups in total. The minimum atomic E-state index is -0.418. The molecule has 0 saturated carbocycles. The molecule has 2 nitrogen and oxygen atoms in total. The highest BCUT2D eigenvalue weighted by molar-refractivity contribution is 6.23. The molecule has 1 fully saturated rings. The van der Waals surface area contributed by atoms with Crippen LogP contribution in [-0.4, -0.2) is 24.8 Å². The van der Waals surface area contributed by atoms with E-state index in [-0.39, 0.29) is 12.4 Å². The quantitative estimate of drug-likeness (QED) is 0.624. The fraction of sp³-hybridized carbons (Fsp3) is 1.00. The minimum absolute atomic E-state index is 0. The van der Waals surface area contributed by atoms with Gasteiger partial charge in [0.2, 0.25) is 0 Å². The summed E-state index contributed by atoms with van der Waals surface area (Å²) >= 11 is 5.97. The summed E-state index contributed by atoms with van der Waals surface area (Å²) in [6, 6.07) is 0. The monoisotopic (exact) mass is 185 g/mol. The van der Waals surface area contributed by atoms with E-state index in [1.54, 1.807) is 0 Å². The third-order valence-corrected chi connectivity index (χ3v) is 2.07. The molecular weight excluding hydrogens is 173 g/mol. The smallest absolute Gasteiger partial charge is 0.153 e. The first-order valence-electron chi connectivity index (χ1n) is 3.30. The molecule has 0 aromatic carbocycles. The predicted molar refractivity (Wildman–Crippen MR) is 44.9 cm³/mol. The Balaban J connectivity index is 0.000000810. The van der Waals surface area contributed by atoms with Crippen LogP contribution in [0.3, 0.4) is 0 Å². The van der Waals surface area contributed by atoms with Crippen LogP contribution >= 0.6 is 24.0 Å². The molecule has 1 atom stereocenters. The molecule has 1 aliphatic rings. The van der Waals surface area contributed by atoms with Crippen LogP contribution in [0.15, 0.2) is 0 Å². The zero-order valence-corrected chi connectivity index (χ0v) is 7.60. The summed E-state index contributed by atoms with van der Waals surface area (Å²) in [5.41, 5.74) is 0. The Morgan fingerprint density at radius 3 is 2.70 bits per heavy atom. The highest BCUT2D eigenvalue weighted by atomic mass is 35.5. The van der Waals surface area contributed by atoms with Crippen molar-refractivity contribution in [1.82, 2.24) is 5.32 Å². The van der Waals surface area contributed by atoms with Crippen molar-refractivity contribution >= 4 is 24.0 Å². The van der Waals surface area contributed by atoms with Gasteiger partial charge in [-0.2, -0.15) is 0 Å². The van der Waals surface area contributed by atoms with Crippen LogP contribution in [0.2, 0.25) is 0 Å². The van der Waals surface area contributed by atoms with E-state index in [1.807, 2.05) is 6.92 Å². The summed E-state index contributed by atoms with van der Waals surface area (Å²) in [6.07, 6.45) is 0.863. The predicted octanol–water partition coefficient (Wildman–Crippen LogP) is 1.37. The van der Waals surface area contributed by atoms with E-state index in [0.717, 1.165) is 26.1 Å². The van der Waals surface area contributed by atoms with Gasteiger partial charge in [-0.3, -0.25) is 0 Å². The topological polar surface area (TPSA) is 21.3 Å². The molecule has 1 aliphatic heterocycles. The second-order valence-corrected chi connectivity index (χ2v) is 2.95. The Labute approximate surface area is 72.7 Å². The lowest BCUT2D eigenvalue weighted by molar-refractivity contribution is -0.00629. The Morgan fingerprint density at radius 1 is 1.70 bits per heavy atom. The summed E-state index contributed by atoms with van der Waals surface area (Å²) < 4.78 is 5.32. The van der Waals surface area contributed by atoms with Crippen LogP contribution in [0.4, 0.5) is 0 Å². The van der Waals surface area contributed by atoms with Crippen LogP contribution in [-0.2, 0) is 4.74 Å². The van der Waals surface area contributed by atoms with Crippen molar-refractivity contribution in [2.24, 2.45) is 0 Å². The number of hydrogen-bond donors (Lipinski definition) is 1. The second kappa shape index (κ2) is 4.39. The summed E-state index contributed by atoms with van der Waals surface area (Å²) in [5.74, 6) is 0. The fourth-order valence-corrected chi connectivity index (χ4v) is 1.03. The van der Waals surface area contributed by atoms with E-state index >= 15 is 0 Å². The minimum Gasteiger partial charge on any atom is -0.357 e. The van der Waals surface area contributed by atoms with Gasteiger partial charge in [0.05, 0.1) is 6.61 Å². The zero-order valence-electron chi connectivity index (χ0n) is 6.02. The van der Waals surface area contributed by atoms with Crippen LogP contribution in [0.25, 0.3) is 0 Å². The molecule has 0 bridgehead atoms. The number of alkyl halides is 1. The van der Waals surface area contributed by atoms with E-state index in [9.17, 15) is 0 Å². The molecular formula is C6H13Cl2NO. The lowest BCUT2D eigenvalue weighted by atomic mass is 10.2. The van der Waals surface area contributed by atoms with Crippen LogP contribution in [0, 0.1) is 0 Å². The van der Waals surface area contributed by atoms with Gasteiger partial charge >= 0.3 is 0 Å². The number of ether oxygens (including phenoxy) is 1. The molecule has 1 unspecified atom stereocenters. The van der Waals surface area contributed by atoms with Gasteiger partial charge in [-0.05, 0) is 6.42 Å². The highest BCUT2D eigenvalue weighted by Crippen LogP contribution is 2.21. The molecule has 1 heterocycles. The SMILES string of the molecule is CCC1(Cl)CNCCO1.Cl. The Morgan fingerprint density at radius 2 is 2.40 bits per heavy atom. The van der Waals surface area contributed by atoms with E-state index < -0.39 is 5.06 Å². The average molecular weight is 186 g/mol. The van der Waals surface area contributed by atoms with Crippen LogP contribution in [0.5, 0.6) is 0 Å². The maximum absolute atomic E-state index is 5.97. The average Bonchev–Trinajstić information content (AvgIpc) is 1.90. The van der Waals surface area contributed by atoms with Crippen molar-refractivity contribution in [2.45, 2.75) is 18.4 Å². The van der Waals surface area contributed by atoms with E-state index in [4.69, 9.17) is 16.3 Å². The lowest BCUT2D eigenvalue weighted by Crippen LogP contribution is -2.45. The Kier molecular flexibility index (Phi) is 4.61. The third kappa shape index (κ3) is 2.62. The number of nitrogens with one attached hydrogen (secondary N) is 1. The van der Waals surface area contributed by atoms with Crippen LogP contribution in [0.1, 0.15) is 13.3 Å². The molecule has 0 radical (unpaired) electrons. The van der Waals surface area contributed by atoms with E-state index in [0.29, 0.717) is 0 Å². The highest BCUT2D eigenvalue weighted by Gasteiger charge is 2.27. The number of hydrogen-bond acceptors (Lipinski definition) is 2. The molecule has 1 rings (SSSR count). The summed E-state index contributed by atoms with van der Waals surface area (Å²) in [7, 11) is 0. The molecule has 10 heavy (non-hydrogen) atoms. The lowest BCUT2D eigenvalue weighted by Gasteiger charge is -2.30. The second-order valence-electron chi connectivity index (χ2n) is 2.26. The zero-order chi connectivity index (χ0) is 6.74. The van der Waals surface area contributed by atoms with Crippen molar-refractivity contribution in [3.63, 3.8) is 0 Å². The summed E-state index contributed by atoms with van der Waals surface area (Å²) in [4.78, 5) is 0. The van der Waals surface area contributed by atoms with E-state index in [2.05, 4.69) is 5.32 Å². The fourth-order valence-electron chi connectivity index (χ4n) is 0.859. The first kappa shape index (κ1) is 10.5. The molecule has 0 amide bonds. The van der Waals surface area contributed by atoms with Gasteiger partial charge in [0.25, 0.3) is 0 Å². The van der Waals surface area contributed by atoms with Gasteiger partial charge in [0.1, 0.15) is 0 Å². The molecule has 0 aromatic rings. The maximum atomic E-state index is 5.97. The summed E-state index contributed by atoms with van der Waals surface area (Å²) in [5, 5.41) is 2.75. The van der Waals surface area contributed by atoms with E-state index in [1.165, 1.54) is 0 Å². The molecule has 0 aromatic heterocycles. The van der Waals surface area contributed by atoms with Crippen molar-refractivity contribution in [3.05, 3.63) is 0 Å². The largest absolute Gasteiger partial charge is 0.357 e. The first-order valence-corrected chi connectivity index (χ1v) is 3.68. The number of rotatable bonds is 1.